The summed E-state index contributed by atoms with van der Waals surface area (Å²) in [6.07, 6.45) is 2.45. The van der Waals surface area contributed by atoms with Crippen LogP contribution in [0.2, 0.25) is 0 Å². The predicted octanol–water partition coefficient (Wildman–Crippen LogP) is 0.168. The average molecular weight is 171 g/mol. The van der Waals surface area contributed by atoms with E-state index in [1.165, 1.54) is 0 Å². The van der Waals surface area contributed by atoms with Crippen LogP contribution in [0.5, 0.6) is 0 Å². The lowest BCUT2D eigenvalue weighted by Crippen LogP contribution is -2.49. The molecule has 0 aromatic rings. The summed E-state index contributed by atoms with van der Waals surface area (Å²) in [4.78, 5) is 12.6. The zero-order chi connectivity index (χ0) is 7.84. The number of carbonyl (C=O) groups is 1. The van der Waals surface area contributed by atoms with Crippen LogP contribution < -0.4 is 0 Å². The van der Waals surface area contributed by atoms with Crippen molar-refractivity contribution in [3.05, 3.63) is 11.8 Å². The minimum Gasteiger partial charge on any atom is -0.392 e. The minimum atomic E-state index is 0.0729. The van der Waals surface area contributed by atoms with E-state index in [1.807, 2.05) is 0 Å². The van der Waals surface area contributed by atoms with Crippen molar-refractivity contribution >= 4 is 17.7 Å². The Hall–Kier alpha value is -0.480. The lowest BCUT2D eigenvalue weighted by Gasteiger charge is -2.40. The van der Waals surface area contributed by atoms with Crippen molar-refractivity contribution in [2.45, 2.75) is 11.8 Å². The first-order valence-electron chi connectivity index (χ1n) is 3.54. The van der Waals surface area contributed by atoms with Crippen molar-refractivity contribution in [2.24, 2.45) is 0 Å². The van der Waals surface area contributed by atoms with Gasteiger partial charge in [0, 0.05) is 12.0 Å². The third-order valence-electron chi connectivity index (χ3n) is 1.93. The molecule has 60 valence electrons. The number of β-lactam (4-membered cyclic amide) rings is 1. The van der Waals surface area contributed by atoms with Gasteiger partial charge in [-0.15, -0.1) is 11.8 Å². The molecule has 1 N–H and O–H groups in total. The van der Waals surface area contributed by atoms with Crippen LogP contribution in [0, 0.1) is 0 Å². The molecular formula is C7H9NO2S. The standard InChI is InChI=1S/C7H9NO2S/c9-3-5-2-8-6(10)1-7(8)11-4-5/h2,7,9H,1,3-4H2/t7-/m0/s1. The number of hydrogen-bond donors (Lipinski definition) is 1. The number of fused-ring (bicyclic) bond motifs is 1. The molecule has 11 heavy (non-hydrogen) atoms. The van der Waals surface area contributed by atoms with Crippen LogP contribution in [-0.4, -0.2) is 33.6 Å². The first-order chi connectivity index (χ1) is 5.31. The summed E-state index contributed by atoms with van der Waals surface area (Å²) in [7, 11) is 0. The van der Waals surface area contributed by atoms with E-state index in [2.05, 4.69) is 0 Å². The topological polar surface area (TPSA) is 40.5 Å². The fraction of sp³-hybridized carbons (Fsp3) is 0.571. The number of aliphatic hydroxyl groups is 1. The van der Waals surface area contributed by atoms with E-state index in [1.54, 1.807) is 22.9 Å². The normalized spacial score (nSPS) is 29.2. The highest BCUT2D eigenvalue weighted by atomic mass is 32.2. The minimum absolute atomic E-state index is 0.0729. The van der Waals surface area contributed by atoms with E-state index in [9.17, 15) is 4.79 Å². The summed E-state index contributed by atoms with van der Waals surface area (Å²) in [6, 6.07) is 0. The van der Waals surface area contributed by atoms with Crippen LogP contribution in [0.15, 0.2) is 11.8 Å². The van der Waals surface area contributed by atoms with Crippen molar-refractivity contribution in [1.82, 2.24) is 4.90 Å². The lowest BCUT2D eigenvalue weighted by molar-refractivity contribution is -0.137. The van der Waals surface area contributed by atoms with Crippen LogP contribution in [0.3, 0.4) is 0 Å². The molecule has 0 radical (unpaired) electrons. The molecule has 1 amide bonds. The van der Waals surface area contributed by atoms with E-state index < -0.39 is 0 Å². The summed E-state index contributed by atoms with van der Waals surface area (Å²) in [5, 5.41) is 9.14. The fourth-order valence-electron chi connectivity index (χ4n) is 1.22. The third-order valence-corrected chi connectivity index (χ3v) is 3.25. The molecule has 2 heterocycles. The summed E-state index contributed by atoms with van der Waals surface area (Å²) in [5.74, 6) is 1.04. The molecular weight excluding hydrogens is 162 g/mol. The number of rotatable bonds is 1. The lowest BCUT2D eigenvalue weighted by atomic mass is 10.2. The van der Waals surface area contributed by atoms with Crippen molar-refractivity contribution in [3.8, 4) is 0 Å². The highest BCUT2D eigenvalue weighted by molar-refractivity contribution is 8.00. The van der Waals surface area contributed by atoms with Gasteiger partial charge >= 0.3 is 0 Å². The Morgan fingerprint density at radius 3 is 3.27 bits per heavy atom. The van der Waals surface area contributed by atoms with Gasteiger partial charge < -0.3 is 10.0 Å². The second kappa shape index (κ2) is 2.53. The molecule has 2 aliphatic rings. The van der Waals surface area contributed by atoms with Gasteiger partial charge in [0.05, 0.1) is 18.4 Å². The first kappa shape index (κ1) is 7.18. The van der Waals surface area contributed by atoms with Gasteiger partial charge in [-0.2, -0.15) is 0 Å². The molecule has 1 atom stereocenters. The highest BCUT2D eigenvalue weighted by Gasteiger charge is 2.37. The largest absolute Gasteiger partial charge is 0.392 e. The van der Waals surface area contributed by atoms with Crippen LogP contribution in [-0.2, 0) is 4.79 Å². The molecule has 2 aliphatic heterocycles. The maximum atomic E-state index is 10.9. The van der Waals surface area contributed by atoms with Gasteiger partial charge in [0.2, 0.25) is 5.91 Å². The molecule has 0 unspecified atom stereocenters. The van der Waals surface area contributed by atoms with E-state index in [0.717, 1.165) is 11.3 Å². The SMILES string of the molecule is O=C1C[C@@H]2SCC(CO)=CN12. The molecule has 0 saturated carbocycles. The zero-order valence-corrected chi connectivity index (χ0v) is 6.80. The number of hydrogen-bond acceptors (Lipinski definition) is 3. The summed E-state index contributed by atoms with van der Waals surface area (Å²) < 4.78 is 0. The predicted molar refractivity (Wildman–Crippen MR) is 42.9 cm³/mol. The van der Waals surface area contributed by atoms with Crippen molar-refractivity contribution < 1.29 is 9.90 Å². The molecule has 0 bridgehead atoms. The van der Waals surface area contributed by atoms with E-state index >= 15 is 0 Å². The van der Waals surface area contributed by atoms with Crippen LogP contribution >= 0.6 is 11.8 Å². The van der Waals surface area contributed by atoms with Crippen molar-refractivity contribution in [2.75, 3.05) is 12.4 Å². The maximum Gasteiger partial charge on any atom is 0.230 e. The van der Waals surface area contributed by atoms with E-state index in [-0.39, 0.29) is 12.5 Å². The second-order valence-electron chi connectivity index (χ2n) is 2.72. The Balaban J connectivity index is 2.13. The van der Waals surface area contributed by atoms with Crippen molar-refractivity contribution in [3.63, 3.8) is 0 Å². The Morgan fingerprint density at radius 2 is 2.64 bits per heavy atom. The third kappa shape index (κ3) is 1.06. The first-order valence-corrected chi connectivity index (χ1v) is 4.59. The maximum absolute atomic E-state index is 10.9. The Morgan fingerprint density at radius 1 is 1.82 bits per heavy atom. The molecule has 0 aromatic heterocycles. The molecule has 2 rings (SSSR count). The smallest absolute Gasteiger partial charge is 0.230 e. The van der Waals surface area contributed by atoms with Gasteiger partial charge in [0.15, 0.2) is 0 Å². The van der Waals surface area contributed by atoms with Gasteiger partial charge in [-0.05, 0) is 5.57 Å². The zero-order valence-electron chi connectivity index (χ0n) is 5.99. The number of thioether (sulfide) groups is 1. The van der Waals surface area contributed by atoms with Gasteiger partial charge in [0.25, 0.3) is 0 Å². The number of nitrogens with zero attached hydrogens (tertiary/aromatic N) is 1. The second-order valence-corrected chi connectivity index (χ2v) is 3.88. The van der Waals surface area contributed by atoms with Gasteiger partial charge in [-0.3, -0.25) is 4.79 Å². The van der Waals surface area contributed by atoms with Crippen molar-refractivity contribution in [1.29, 1.82) is 0 Å². The summed E-state index contributed by atoms with van der Waals surface area (Å²) in [5.41, 5.74) is 0.944. The number of carbonyl (C=O) groups excluding carboxylic acids is 1. The quantitative estimate of drug-likeness (QED) is 0.572. The van der Waals surface area contributed by atoms with Gasteiger partial charge in [-0.25, -0.2) is 0 Å². The molecule has 1 saturated heterocycles. The molecule has 4 heteroatoms. The Bertz CT molecular complexity index is 226. The summed E-state index contributed by atoms with van der Waals surface area (Å²) >= 11 is 1.73. The molecule has 0 aliphatic carbocycles. The van der Waals surface area contributed by atoms with Crippen LogP contribution in [0.1, 0.15) is 6.42 Å². The summed E-state index contributed by atoms with van der Waals surface area (Å²) in [6.45, 7) is 0.0729. The van der Waals surface area contributed by atoms with E-state index in [0.29, 0.717) is 11.8 Å². The number of amides is 1. The van der Waals surface area contributed by atoms with Gasteiger partial charge in [0.1, 0.15) is 0 Å². The fourth-order valence-corrected chi connectivity index (χ4v) is 2.39. The molecule has 1 fully saturated rings. The average Bonchev–Trinajstić information content (AvgIpc) is 2.03. The van der Waals surface area contributed by atoms with Crippen LogP contribution in [0.4, 0.5) is 0 Å². The monoisotopic (exact) mass is 171 g/mol. The number of aliphatic hydroxyl groups excluding tert-OH is 1. The highest BCUT2D eigenvalue weighted by Crippen LogP contribution is 2.35. The molecule has 0 aromatic carbocycles. The van der Waals surface area contributed by atoms with Gasteiger partial charge in [-0.1, -0.05) is 0 Å². The Kier molecular flexibility index (Phi) is 1.65. The van der Waals surface area contributed by atoms with Crippen LogP contribution in [0.25, 0.3) is 0 Å². The Labute approximate surface area is 69.1 Å². The molecule has 3 nitrogen and oxygen atoms in total. The molecule has 0 spiro atoms. The van der Waals surface area contributed by atoms with E-state index in [4.69, 9.17) is 5.11 Å².